The first-order valence-electron chi connectivity index (χ1n) is 9.26. The zero-order valence-electron chi connectivity index (χ0n) is 15.6. The van der Waals surface area contributed by atoms with Gasteiger partial charge in [-0.05, 0) is 65.1 Å². The Hall–Kier alpha value is -2.26. The van der Waals surface area contributed by atoms with Crippen molar-refractivity contribution >= 4 is 50.3 Å². The zero-order chi connectivity index (χ0) is 21.3. The second-order valence-corrected chi connectivity index (χ2v) is 8.93. The van der Waals surface area contributed by atoms with Gasteiger partial charge in [-0.3, -0.25) is 14.5 Å². The van der Waals surface area contributed by atoms with Crippen molar-refractivity contribution in [3.63, 3.8) is 0 Å². The first-order valence-corrected chi connectivity index (χ1v) is 11.1. The minimum atomic E-state index is -0.484. The first-order chi connectivity index (χ1) is 14.4. The SMILES string of the molecule is O=C1c2ccccc2C(=O)N1CCC(Oc1cccc(I)c1)c1ccc(F)cc1Br. The minimum absolute atomic E-state index is 0.185. The fourth-order valence-corrected chi connectivity index (χ4v) is 4.55. The summed E-state index contributed by atoms with van der Waals surface area (Å²) in [5.41, 5.74) is 1.58. The van der Waals surface area contributed by atoms with Gasteiger partial charge in [-0.1, -0.05) is 40.2 Å². The van der Waals surface area contributed by atoms with Crippen LogP contribution in [0.5, 0.6) is 5.75 Å². The number of amides is 2. The molecule has 152 valence electrons. The summed E-state index contributed by atoms with van der Waals surface area (Å²) in [5.74, 6) is -0.312. The lowest BCUT2D eigenvalue weighted by Gasteiger charge is -2.23. The maximum atomic E-state index is 13.6. The van der Waals surface area contributed by atoms with E-state index in [-0.39, 0.29) is 24.2 Å². The average Bonchev–Trinajstić information content (AvgIpc) is 2.96. The Morgan fingerprint density at radius 1 is 0.967 bits per heavy atom. The Morgan fingerprint density at radius 3 is 2.30 bits per heavy atom. The van der Waals surface area contributed by atoms with Crippen LogP contribution in [0.2, 0.25) is 0 Å². The molecule has 0 saturated carbocycles. The van der Waals surface area contributed by atoms with Gasteiger partial charge in [0, 0.05) is 26.6 Å². The van der Waals surface area contributed by atoms with Gasteiger partial charge in [0.1, 0.15) is 17.7 Å². The quantitative estimate of drug-likeness (QED) is 0.266. The van der Waals surface area contributed by atoms with E-state index < -0.39 is 6.10 Å². The number of carbonyl (C=O) groups excluding carboxylic acids is 2. The monoisotopic (exact) mass is 579 g/mol. The molecule has 1 heterocycles. The second-order valence-electron chi connectivity index (χ2n) is 6.83. The van der Waals surface area contributed by atoms with Crippen molar-refractivity contribution in [2.24, 2.45) is 0 Å². The molecule has 0 spiro atoms. The third-order valence-corrected chi connectivity index (χ3v) is 6.23. The van der Waals surface area contributed by atoms with Crippen LogP contribution >= 0.6 is 38.5 Å². The molecule has 2 amide bonds. The molecule has 1 aliphatic rings. The number of nitrogens with zero attached hydrogens (tertiary/aromatic N) is 1. The van der Waals surface area contributed by atoms with Gasteiger partial charge in [-0.2, -0.15) is 0 Å². The van der Waals surface area contributed by atoms with E-state index in [0.717, 1.165) is 9.13 Å². The molecule has 30 heavy (non-hydrogen) atoms. The highest BCUT2D eigenvalue weighted by Gasteiger charge is 2.35. The number of ether oxygens (including phenoxy) is 1. The Morgan fingerprint density at radius 2 is 1.67 bits per heavy atom. The van der Waals surface area contributed by atoms with Crippen molar-refractivity contribution in [1.29, 1.82) is 0 Å². The summed E-state index contributed by atoms with van der Waals surface area (Å²) in [6, 6.07) is 18.8. The third-order valence-electron chi connectivity index (χ3n) is 4.88. The van der Waals surface area contributed by atoms with Crippen LogP contribution in [0.25, 0.3) is 0 Å². The Kier molecular flexibility index (Phi) is 6.19. The van der Waals surface area contributed by atoms with Gasteiger partial charge in [0.25, 0.3) is 11.8 Å². The summed E-state index contributed by atoms with van der Waals surface area (Å²) in [6.07, 6.45) is -0.122. The van der Waals surface area contributed by atoms with Crippen molar-refractivity contribution in [2.45, 2.75) is 12.5 Å². The lowest BCUT2D eigenvalue weighted by Crippen LogP contribution is -2.32. The van der Waals surface area contributed by atoms with E-state index in [1.165, 1.54) is 17.0 Å². The zero-order valence-corrected chi connectivity index (χ0v) is 19.4. The molecule has 3 aromatic rings. The Bertz CT molecular complexity index is 1100. The highest BCUT2D eigenvalue weighted by molar-refractivity contribution is 14.1. The average molecular weight is 580 g/mol. The van der Waals surface area contributed by atoms with Gasteiger partial charge in [-0.15, -0.1) is 0 Å². The molecule has 0 saturated heterocycles. The molecule has 0 bridgehead atoms. The van der Waals surface area contributed by atoms with E-state index in [4.69, 9.17) is 4.74 Å². The molecule has 0 fully saturated rings. The number of carbonyl (C=O) groups is 2. The fraction of sp³-hybridized carbons (Fsp3) is 0.130. The van der Waals surface area contributed by atoms with Crippen LogP contribution in [-0.2, 0) is 0 Å². The maximum absolute atomic E-state index is 13.6. The van der Waals surface area contributed by atoms with Gasteiger partial charge < -0.3 is 4.74 Å². The smallest absolute Gasteiger partial charge is 0.261 e. The van der Waals surface area contributed by atoms with Crippen molar-refractivity contribution in [3.8, 4) is 5.75 Å². The number of halogens is 3. The molecule has 0 aliphatic carbocycles. The highest BCUT2D eigenvalue weighted by atomic mass is 127. The summed E-state index contributed by atoms with van der Waals surface area (Å²) in [7, 11) is 0. The van der Waals surface area contributed by atoms with Gasteiger partial charge in [0.15, 0.2) is 0 Å². The van der Waals surface area contributed by atoms with Crippen molar-refractivity contribution in [1.82, 2.24) is 4.90 Å². The van der Waals surface area contributed by atoms with Crippen LogP contribution in [-0.4, -0.2) is 23.3 Å². The van der Waals surface area contributed by atoms with Crippen LogP contribution < -0.4 is 4.74 Å². The van der Waals surface area contributed by atoms with Crippen molar-refractivity contribution in [2.75, 3.05) is 6.54 Å². The van der Waals surface area contributed by atoms with Crippen LogP contribution in [0.3, 0.4) is 0 Å². The van der Waals surface area contributed by atoms with E-state index in [1.54, 1.807) is 30.3 Å². The van der Waals surface area contributed by atoms with Crippen LogP contribution in [0.4, 0.5) is 4.39 Å². The lowest BCUT2D eigenvalue weighted by atomic mass is 10.1. The van der Waals surface area contributed by atoms with Crippen LogP contribution in [0, 0.1) is 9.39 Å². The molecule has 3 aromatic carbocycles. The fourth-order valence-electron chi connectivity index (χ4n) is 3.43. The Balaban J connectivity index is 1.59. The van der Waals surface area contributed by atoms with Gasteiger partial charge >= 0.3 is 0 Å². The normalized spacial score (nSPS) is 14.0. The molecule has 4 rings (SSSR count). The molecule has 0 N–H and O–H groups in total. The maximum Gasteiger partial charge on any atom is 0.261 e. The number of fused-ring (bicyclic) bond motifs is 1. The molecule has 0 aromatic heterocycles. The van der Waals surface area contributed by atoms with Gasteiger partial charge in [0.2, 0.25) is 0 Å². The standard InChI is InChI=1S/C23H16BrFINO3/c24-20-12-14(25)8-9-19(20)21(30-16-5-3-4-15(26)13-16)10-11-27-22(28)17-6-1-2-7-18(17)23(27)29/h1-9,12-13,21H,10-11H2. The number of rotatable bonds is 6. The molecule has 1 atom stereocenters. The number of benzene rings is 3. The molecule has 0 radical (unpaired) electrons. The third kappa shape index (κ3) is 4.27. The largest absolute Gasteiger partial charge is 0.486 e. The summed E-state index contributed by atoms with van der Waals surface area (Å²) >= 11 is 5.61. The van der Waals surface area contributed by atoms with Gasteiger partial charge in [0.05, 0.1) is 11.1 Å². The summed E-state index contributed by atoms with van der Waals surface area (Å²) in [6.45, 7) is 0.185. The second kappa shape index (κ2) is 8.85. The minimum Gasteiger partial charge on any atom is -0.486 e. The number of imide groups is 1. The molecular weight excluding hydrogens is 564 g/mol. The highest BCUT2D eigenvalue weighted by Crippen LogP contribution is 2.32. The Labute approximate surface area is 195 Å². The van der Waals surface area contributed by atoms with E-state index in [0.29, 0.717) is 27.8 Å². The predicted octanol–water partition coefficient (Wildman–Crippen LogP) is 6.00. The van der Waals surface area contributed by atoms with E-state index >= 15 is 0 Å². The van der Waals surface area contributed by atoms with Crippen molar-refractivity contribution in [3.05, 3.63) is 97.3 Å². The van der Waals surface area contributed by atoms with E-state index in [1.807, 2.05) is 24.3 Å². The van der Waals surface area contributed by atoms with E-state index in [9.17, 15) is 14.0 Å². The predicted molar refractivity (Wildman–Crippen MR) is 123 cm³/mol. The first kappa shape index (κ1) is 21.0. The van der Waals surface area contributed by atoms with Crippen molar-refractivity contribution < 1.29 is 18.7 Å². The summed E-state index contributed by atoms with van der Waals surface area (Å²) in [4.78, 5) is 26.6. The lowest BCUT2D eigenvalue weighted by molar-refractivity contribution is 0.0629. The number of hydrogen-bond donors (Lipinski definition) is 0. The van der Waals surface area contributed by atoms with Crippen LogP contribution in [0.15, 0.2) is 71.2 Å². The van der Waals surface area contributed by atoms with Gasteiger partial charge in [-0.25, -0.2) is 4.39 Å². The molecular formula is C23H16BrFINO3. The molecule has 4 nitrogen and oxygen atoms in total. The molecule has 1 aliphatic heterocycles. The summed E-state index contributed by atoms with van der Waals surface area (Å²) in [5, 5.41) is 0. The molecule has 1 unspecified atom stereocenters. The summed E-state index contributed by atoms with van der Waals surface area (Å²) < 4.78 is 21.4. The topological polar surface area (TPSA) is 46.6 Å². The number of hydrogen-bond acceptors (Lipinski definition) is 3. The molecule has 7 heteroatoms. The van der Waals surface area contributed by atoms with E-state index in [2.05, 4.69) is 38.5 Å². The van der Waals surface area contributed by atoms with Crippen LogP contribution in [0.1, 0.15) is 38.8 Å².